The Bertz CT molecular complexity index is 3800. The van der Waals surface area contributed by atoms with Crippen molar-refractivity contribution < 1.29 is 0 Å². The van der Waals surface area contributed by atoms with Gasteiger partial charge in [-0.3, -0.25) is 0 Å². The van der Waals surface area contributed by atoms with E-state index in [2.05, 4.69) is 332 Å². The minimum atomic E-state index is 1.28. The quantitative estimate of drug-likeness (QED) is 0.161. The molecule has 0 nitrogen and oxygen atoms in total. The van der Waals surface area contributed by atoms with E-state index in [1.165, 1.54) is 116 Å². The van der Waals surface area contributed by atoms with Gasteiger partial charge in [0.1, 0.15) is 0 Å². The van der Waals surface area contributed by atoms with Gasteiger partial charge in [0.2, 0.25) is 0 Å². The van der Waals surface area contributed by atoms with E-state index in [9.17, 15) is 0 Å². The van der Waals surface area contributed by atoms with Gasteiger partial charge < -0.3 is 0 Å². The first-order valence-electron chi connectivity index (χ1n) is 26.6. The lowest BCUT2D eigenvalue weighted by molar-refractivity contribution is 1.47. The Morgan fingerprint density at radius 2 is 0.494 bits per heavy atom. The Kier molecular flexibility index (Phi) is 17.9. The van der Waals surface area contributed by atoms with Crippen molar-refractivity contribution in [3.05, 3.63) is 337 Å². The summed E-state index contributed by atoms with van der Waals surface area (Å²) in [7, 11) is 0. The maximum Gasteiger partial charge on any atom is -0.0103 e. The predicted octanol–water partition coefficient (Wildman–Crippen LogP) is 21.8. The SMILES string of the molecule is Cc1ccc(-c2ccc3ccccc3c2)cc1.Cc1ccc(-c2cccc3ccccc23)cc1.Cc1ccc(-c2ccccc2)c2ccccc12.Cc1ccc(-c2ccccc2)cc1.Cc1ccc(-c2ccccc2)cc1. The molecule has 13 aromatic carbocycles. The van der Waals surface area contributed by atoms with Crippen LogP contribution in [-0.4, -0.2) is 0 Å². The third-order valence-corrected chi connectivity index (χ3v) is 13.8. The summed E-state index contributed by atoms with van der Waals surface area (Å²) in [5.74, 6) is 0. The first-order valence-corrected chi connectivity index (χ1v) is 26.6. The minimum absolute atomic E-state index is 1.28. The fourth-order valence-corrected chi connectivity index (χ4v) is 9.40. The van der Waals surface area contributed by atoms with Crippen LogP contribution in [0.4, 0.5) is 0 Å². The summed E-state index contributed by atoms with van der Waals surface area (Å²) >= 11 is 0. The molecule has 0 N–H and O–H groups in total. The predicted molar refractivity (Wildman–Crippen MR) is 336 cm³/mol. The Morgan fingerprint density at radius 1 is 0.169 bits per heavy atom. The fourth-order valence-electron chi connectivity index (χ4n) is 9.40. The molecule has 0 bridgehead atoms. The first kappa shape index (κ1) is 52.5. The Labute approximate surface area is 457 Å². The number of hydrogen-bond donors (Lipinski definition) is 0. The molecular formula is C77H66. The van der Waals surface area contributed by atoms with Gasteiger partial charge in [0, 0.05) is 0 Å². The highest BCUT2D eigenvalue weighted by atomic mass is 14.1. The number of benzene rings is 13. The number of hydrogen-bond acceptors (Lipinski definition) is 0. The third-order valence-electron chi connectivity index (χ3n) is 13.8. The average molecular weight is 991 g/mol. The van der Waals surface area contributed by atoms with Crippen LogP contribution in [0, 0.1) is 34.6 Å². The van der Waals surface area contributed by atoms with Crippen molar-refractivity contribution in [1.82, 2.24) is 0 Å². The number of fused-ring (bicyclic) bond motifs is 3. The first-order chi connectivity index (χ1) is 37.8. The lowest BCUT2D eigenvalue weighted by atomic mass is 9.96. The molecular weight excluding hydrogens is 925 g/mol. The van der Waals surface area contributed by atoms with Gasteiger partial charge in [-0.2, -0.15) is 0 Å². The zero-order valence-electron chi connectivity index (χ0n) is 44.9. The molecule has 0 radical (unpaired) electrons. The zero-order chi connectivity index (χ0) is 53.2. The van der Waals surface area contributed by atoms with E-state index in [1.54, 1.807) is 0 Å². The molecule has 0 heteroatoms. The maximum atomic E-state index is 2.25. The molecule has 0 aliphatic heterocycles. The third kappa shape index (κ3) is 14.3. The van der Waals surface area contributed by atoms with Gasteiger partial charge in [-0.05, 0) is 134 Å². The second kappa shape index (κ2) is 26.2. The molecule has 0 heterocycles. The van der Waals surface area contributed by atoms with Gasteiger partial charge in [-0.15, -0.1) is 0 Å². The topological polar surface area (TPSA) is 0 Å². The van der Waals surface area contributed by atoms with Crippen LogP contribution >= 0.6 is 0 Å². The van der Waals surface area contributed by atoms with Gasteiger partial charge in [0.05, 0.1) is 0 Å². The molecule has 374 valence electrons. The number of aryl methyl sites for hydroxylation is 5. The van der Waals surface area contributed by atoms with Crippen LogP contribution < -0.4 is 0 Å². The van der Waals surface area contributed by atoms with Gasteiger partial charge in [-0.25, -0.2) is 0 Å². The van der Waals surface area contributed by atoms with Gasteiger partial charge in [-0.1, -0.05) is 326 Å². The van der Waals surface area contributed by atoms with Crippen molar-refractivity contribution in [1.29, 1.82) is 0 Å². The summed E-state index contributed by atoms with van der Waals surface area (Å²) in [4.78, 5) is 0. The molecule has 0 atom stereocenters. The van der Waals surface area contributed by atoms with E-state index in [0.29, 0.717) is 0 Å². The zero-order valence-corrected chi connectivity index (χ0v) is 44.9. The van der Waals surface area contributed by atoms with Crippen molar-refractivity contribution in [3.63, 3.8) is 0 Å². The Hall–Kier alpha value is -9.36. The molecule has 77 heavy (non-hydrogen) atoms. The fraction of sp³-hybridized carbons (Fsp3) is 0.0649. The molecule has 0 saturated heterocycles. The highest BCUT2D eigenvalue weighted by molar-refractivity contribution is 5.99. The molecule has 0 aliphatic carbocycles. The Balaban J connectivity index is 0.000000118. The van der Waals surface area contributed by atoms with Gasteiger partial charge in [0.25, 0.3) is 0 Å². The van der Waals surface area contributed by atoms with E-state index in [0.717, 1.165) is 0 Å². The van der Waals surface area contributed by atoms with Crippen LogP contribution in [0.15, 0.2) is 309 Å². The molecule has 0 fully saturated rings. The van der Waals surface area contributed by atoms with Crippen LogP contribution in [0.5, 0.6) is 0 Å². The molecule has 0 aliphatic rings. The monoisotopic (exact) mass is 991 g/mol. The van der Waals surface area contributed by atoms with Crippen molar-refractivity contribution >= 4 is 32.3 Å². The normalized spacial score (nSPS) is 10.4. The lowest BCUT2D eigenvalue weighted by Crippen LogP contribution is -1.83. The molecule has 0 spiro atoms. The standard InChI is InChI=1S/3C17H14.2C13H12/c1-13-9-11-15(12-10-13)17-8-4-6-14-5-2-3-7-16(14)17;1-13-11-12-16(14-7-3-2-4-8-14)17-10-6-5-9-15(13)17;1-13-6-8-15(9-7-13)17-11-10-14-4-2-3-5-16(14)12-17;2*1-11-7-9-13(10-8-11)12-5-3-2-4-6-12/h3*2-12H,1H3;2*2-10H,1H3. The minimum Gasteiger partial charge on any atom is -0.0622 e. The molecule has 0 saturated carbocycles. The van der Waals surface area contributed by atoms with E-state index >= 15 is 0 Å². The van der Waals surface area contributed by atoms with Crippen molar-refractivity contribution in [3.8, 4) is 55.6 Å². The van der Waals surface area contributed by atoms with E-state index in [4.69, 9.17) is 0 Å². The molecule has 13 rings (SSSR count). The van der Waals surface area contributed by atoms with Crippen LogP contribution in [0.1, 0.15) is 27.8 Å². The molecule has 0 aromatic heterocycles. The van der Waals surface area contributed by atoms with Crippen LogP contribution in [0.2, 0.25) is 0 Å². The summed E-state index contributed by atoms with van der Waals surface area (Å²) < 4.78 is 0. The van der Waals surface area contributed by atoms with Crippen LogP contribution in [0.3, 0.4) is 0 Å². The summed E-state index contributed by atoms with van der Waals surface area (Å²) in [6.45, 7) is 10.6. The van der Waals surface area contributed by atoms with Gasteiger partial charge >= 0.3 is 0 Å². The summed E-state index contributed by atoms with van der Waals surface area (Å²) in [6, 6.07) is 109. The van der Waals surface area contributed by atoms with Crippen molar-refractivity contribution in [2.75, 3.05) is 0 Å². The Morgan fingerprint density at radius 3 is 1.00 bits per heavy atom. The van der Waals surface area contributed by atoms with Crippen LogP contribution in [-0.2, 0) is 0 Å². The smallest absolute Gasteiger partial charge is 0.0103 e. The second-order valence-corrected chi connectivity index (χ2v) is 19.6. The second-order valence-electron chi connectivity index (χ2n) is 19.6. The summed E-state index contributed by atoms with van der Waals surface area (Å²) in [6.07, 6.45) is 0. The van der Waals surface area contributed by atoms with E-state index in [-0.39, 0.29) is 0 Å². The van der Waals surface area contributed by atoms with E-state index < -0.39 is 0 Å². The number of rotatable bonds is 5. The molecule has 0 unspecified atom stereocenters. The highest BCUT2D eigenvalue weighted by Crippen LogP contribution is 2.32. The van der Waals surface area contributed by atoms with Crippen LogP contribution in [0.25, 0.3) is 88.0 Å². The maximum absolute atomic E-state index is 2.25. The molecule has 13 aromatic rings. The van der Waals surface area contributed by atoms with Gasteiger partial charge in [0.15, 0.2) is 0 Å². The van der Waals surface area contributed by atoms with Crippen molar-refractivity contribution in [2.45, 2.75) is 34.6 Å². The summed E-state index contributed by atoms with van der Waals surface area (Å²) in [5, 5.41) is 7.88. The van der Waals surface area contributed by atoms with Crippen molar-refractivity contribution in [2.24, 2.45) is 0 Å². The lowest BCUT2D eigenvalue weighted by Gasteiger charge is -2.09. The highest BCUT2D eigenvalue weighted by Gasteiger charge is 2.06. The molecule has 0 amide bonds. The van der Waals surface area contributed by atoms with E-state index in [1.807, 2.05) is 12.1 Å². The largest absolute Gasteiger partial charge is 0.0622 e. The average Bonchev–Trinajstić information content (AvgIpc) is 3.50. The summed E-state index contributed by atoms with van der Waals surface area (Å²) in [5.41, 5.74) is 19.4.